The SMILES string of the molecule is C/C=C1\C(C)C=C(C)C[C@@]1(C(N)=O)c1ccc(OC)nc1C. The van der Waals surface area contributed by atoms with E-state index < -0.39 is 5.41 Å². The predicted molar refractivity (Wildman–Crippen MR) is 87.7 cm³/mol. The number of rotatable bonds is 3. The van der Waals surface area contributed by atoms with Gasteiger partial charge in [0.1, 0.15) is 5.41 Å². The largest absolute Gasteiger partial charge is 0.481 e. The van der Waals surface area contributed by atoms with Gasteiger partial charge in [-0.1, -0.05) is 30.7 Å². The molecule has 118 valence electrons. The van der Waals surface area contributed by atoms with Gasteiger partial charge in [0.25, 0.3) is 0 Å². The summed E-state index contributed by atoms with van der Waals surface area (Å²) in [6.45, 7) is 8.01. The highest BCUT2D eigenvalue weighted by Crippen LogP contribution is 2.46. The molecule has 0 bridgehead atoms. The molecule has 1 aromatic rings. The molecule has 4 heteroatoms. The van der Waals surface area contributed by atoms with Crippen molar-refractivity contribution in [1.82, 2.24) is 4.98 Å². The molecule has 0 radical (unpaired) electrons. The lowest BCUT2D eigenvalue weighted by molar-refractivity contribution is -0.122. The van der Waals surface area contributed by atoms with Crippen LogP contribution in [0.25, 0.3) is 0 Å². The van der Waals surface area contributed by atoms with Gasteiger partial charge in [0.05, 0.1) is 7.11 Å². The van der Waals surface area contributed by atoms with Gasteiger partial charge < -0.3 is 10.5 Å². The zero-order chi connectivity index (χ0) is 16.5. The first-order valence-electron chi connectivity index (χ1n) is 7.52. The van der Waals surface area contributed by atoms with E-state index in [2.05, 4.69) is 18.0 Å². The van der Waals surface area contributed by atoms with E-state index in [-0.39, 0.29) is 11.8 Å². The van der Waals surface area contributed by atoms with Gasteiger partial charge in [0, 0.05) is 11.8 Å². The number of amides is 1. The number of carbonyl (C=O) groups excluding carboxylic acids is 1. The number of carbonyl (C=O) groups is 1. The molecule has 0 aromatic carbocycles. The second-order valence-corrected chi connectivity index (χ2v) is 5.98. The average molecular weight is 300 g/mol. The highest BCUT2D eigenvalue weighted by atomic mass is 16.5. The van der Waals surface area contributed by atoms with Gasteiger partial charge in [0.15, 0.2) is 0 Å². The van der Waals surface area contributed by atoms with Gasteiger partial charge >= 0.3 is 0 Å². The maximum absolute atomic E-state index is 12.5. The summed E-state index contributed by atoms with van der Waals surface area (Å²) < 4.78 is 5.17. The second kappa shape index (κ2) is 5.95. The summed E-state index contributed by atoms with van der Waals surface area (Å²) in [5.41, 5.74) is 8.94. The number of pyridine rings is 1. The Hall–Kier alpha value is -2.10. The molecular formula is C18H24N2O2. The molecule has 22 heavy (non-hydrogen) atoms. The second-order valence-electron chi connectivity index (χ2n) is 5.98. The van der Waals surface area contributed by atoms with Crippen LogP contribution in [-0.4, -0.2) is 18.0 Å². The number of nitrogens with zero attached hydrogens (tertiary/aromatic N) is 1. The lowest BCUT2D eigenvalue weighted by Gasteiger charge is -2.40. The zero-order valence-electron chi connectivity index (χ0n) is 13.9. The van der Waals surface area contributed by atoms with E-state index in [1.54, 1.807) is 13.2 Å². The Bertz CT molecular complexity index is 661. The molecule has 1 heterocycles. The van der Waals surface area contributed by atoms with Crippen molar-refractivity contribution in [2.75, 3.05) is 7.11 Å². The number of hydrogen-bond donors (Lipinski definition) is 1. The van der Waals surface area contributed by atoms with E-state index in [0.717, 1.165) is 16.8 Å². The molecule has 0 fully saturated rings. The van der Waals surface area contributed by atoms with E-state index in [4.69, 9.17) is 10.5 Å². The Morgan fingerprint density at radius 2 is 2.14 bits per heavy atom. The lowest BCUT2D eigenvalue weighted by Crippen LogP contribution is -2.46. The third-order valence-corrected chi connectivity index (χ3v) is 4.52. The summed E-state index contributed by atoms with van der Waals surface area (Å²) in [6, 6.07) is 3.71. The van der Waals surface area contributed by atoms with Crippen molar-refractivity contribution in [2.24, 2.45) is 11.7 Å². The van der Waals surface area contributed by atoms with Crippen LogP contribution in [0.5, 0.6) is 5.88 Å². The van der Waals surface area contributed by atoms with Crippen LogP contribution in [-0.2, 0) is 10.2 Å². The average Bonchev–Trinajstić information content (AvgIpc) is 2.45. The van der Waals surface area contributed by atoms with E-state index in [1.807, 2.05) is 32.9 Å². The number of methoxy groups -OCH3 is 1. The van der Waals surface area contributed by atoms with Crippen molar-refractivity contribution in [1.29, 1.82) is 0 Å². The van der Waals surface area contributed by atoms with Gasteiger partial charge in [-0.15, -0.1) is 0 Å². The Balaban J connectivity index is 2.73. The Morgan fingerprint density at radius 1 is 1.45 bits per heavy atom. The topological polar surface area (TPSA) is 65.2 Å². The minimum Gasteiger partial charge on any atom is -0.481 e. The van der Waals surface area contributed by atoms with Crippen molar-refractivity contribution in [3.8, 4) is 5.88 Å². The minimum atomic E-state index is -0.823. The molecule has 1 amide bonds. The number of hydrogen-bond acceptors (Lipinski definition) is 3. The van der Waals surface area contributed by atoms with E-state index >= 15 is 0 Å². The fourth-order valence-electron chi connectivity index (χ4n) is 3.71. The molecule has 1 aliphatic rings. The van der Waals surface area contributed by atoms with Gasteiger partial charge in [0.2, 0.25) is 11.8 Å². The normalized spacial score (nSPS) is 26.7. The first-order valence-corrected chi connectivity index (χ1v) is 7.52. The minimum absolute atomic E-state index is 0.174. The first-order chi connectivity index (χ1) is 10.4. The molecular weight excluding hydrogens is 276 g/mol. The van der Waals surface area contributed by atoms with Crippen LogP contribution < -0.4 is 10.5 Å². The summed E-state index contributed by atoms with van der Waals surface area (Å²) >= 11 is 0. The monoisotopic (exact) mass is 300 g/mol. The molecule has 1 aliphatic carbocycles. The number of ether oxygens (including phenoxy) is 1. The summed E-state index contributed by atoms with van der Waals surface area (Å²) in [5, 5.41) is 0. The van der Waals surface area contributed by atoms with Crippen molar-refractivity contribution in [2.45, 2.75) is 39.5 Å². The summed E-state index contributed by atoms with van der Waals surface area (Å²) in [7, 11) is 1.58. The Kier molecular flexibility index (Phi) is 4.40. The molecule has 0 saturated heterocycles. The highest BCUT2D eigenvalue weighted by molar-refractivity contribution is 5.92. The molecule has 2 atom stereocenters. The molecule has 0 saturated carbocycles. The first kappa shape index (κ1) is 16.3. The van der Waals surface area contributed by atoms with E-state index in [9.17, 15) is 4.79 Å². The predicted octanol–water partition coefficient (Wildman–Crippen LogP) is 3.05. The molecule has 1 unspecified atom stereocenters. The van der Waals surface area contributed by atoms with Crippen molar-refractivity contribution >= 4 is 5.91 Å². The molecule has 2 N–H and O–H groups in total. The van der Waals surface area contributed by atoms with Crippen molar-refractivity contribution in [3.05, 3.63) is 46.7 Å². The van der Waals surface area contributed by atoms with Crippen LogP contribution in [0.4, 0.5) is 0 Å². The fraction of sp³-hybridized carbons (Fsp3) is 0.444. The summed E-state index contributed by atoms with van der Waals surface area (Å²) in [5.74, 6) is 0.390. The van der Waals surface area contributed by atoms with Crippen LogP contribution in [0.3, 0.4) is 0 Å². The number of allylic oxidation sites excluding steroid dienone is 3. The number of aromatic nitrogens is 1. The highest BCUT2D eigenvalue weighted by Gasteiger charge is 2.46. The van der Waals surface area contributed by atoms with Crippen LogP contribution in [0.1, 0.15) is 38.4 Å². The van der Waals surface area contributed by atoms with Crippen LogP contribution in [0.2, 0.25) is 0 Å². The van der Waals surface area contributed by atoms with Gasteiger partial charge in [-0.3, -0.25) is 4.79 Å². The maximum atomic E-state index is 12.5. The molecule has 1 aromatic heterocycles. The third-order valence-electron chi connectivity index (χ3n) is 4.52. The molecule has 0 aliphatic heterocycles. The van der Waals surface area contributed by atoms with Gasteiger partial charge in [-0.2, -0.15) is 0 Å². The quantitative estimate of drug-likeness (QED) is 0.873. The lowest BCUT2D eigenvalue weighted by atomic mass is 9.62. The molecule has 4 nitrogen and oxygen atoms in total. The maximum Gasteiger partial charge on any atom is 0.232 e. The fourth-order valence-corrected chi connectivity index (χ4v) is 3.71. The third kappa shape index (κ3) is 2.43. The Labute approximate surface area is 132 Å². The number of nitrogens with two attached hydrogens (primary N) is 1. The zero-order valence-corrected chi connectivity index (χ0v) is 13.9. The van der Waals surface area contributed by atoms with Crippen LogP contribution in [0.15, 0.2) is 35.4 Å². The van der Waals surface area contributed by atoms with Crippen molar-refractivity contribution < 1.29 is 9.53 Å². The smallest absolute Gasteiger partial charge is 0.232 e. The van der Waals surface area contributed by atoms with Gasteiger partial charge in [-0.05, 0) is 44.2 Å². The number of primary amides is 1. The molecule has 2 rings (SSSR count). The number of aryl methyl sites for hydroxylation is 1. The van der Waals surface area contributed by atoms with Crippen LogP contribution >= 0.6 is 0 Å². The van der Waals surface area contributed by atoms with Crippen molar-refractivity contribution in [3.63, 3.8) is 0 Å². The van der Waals surface area contributed by atoms with E-state index in [0.29, 0.717) is 12.3 Å². The van der Waals surface area contributed by atoms with Gasteiger partial charge in [-0.25, -0.2) is 4.98 Å². The van der Waals surface area contributed by atoms with Crippen LogP contribution in [0, 0.1) is 12.8 Å². The summed E-state index contributed by atoms with van der Waals surface area (Å²) in [6.07, 6.45) is 4.81. The van der Waals surface area contributed by atoms with E-state index in [1.165, 1.54) is 5.57 Å². The Morgan fingerprint density at radius 3 is 2.64 bits per heavy atom. The standard InChI is InChI=1S/C18H24N2O2/c1-6-14-12(3)9-11(2)10-18(14,17(19)21)15-7-8-16(22-5)20-13(15)4/h6-9,12H,10H2,1-5H3,(H2,19,21)/b14-6+/t12?,18-/m0/s1. The molecule has 0 spiro atoms. The summed E-state index contributed by atoms with van der Waals surface area (Å²) in [4.78, 5) is 17.0.